The number of amides is 2. The lowest BCUT2D eigenvalue weighted by molar-refractivity contribution is 0.0783. The molecule has 1 saturated carbocycles. The van der Waals surface area contributed by atoms with Gasteiger partial charge in [0.1, 0.15) is 0 Å². The van der Waals surface area contributed by atoms with Gasteiger partial charge in [-0.05, 0) is 61.7 Å². The monoisotopic (exact) mass is 466 g/mol. The van der Waals surface area contributed by atoms with Crippen molar-refractivity contribution in [3.63, 3.8) is 0 Å². The van der Waals surface area contributed by atoms with Gasteiger partial charge < -0.3 is 10.2 Å². The van der Waals surface area contributed by atoms with Gasteiger partial charge in [-0.15, -0.1) is 0 Å². The lowest BCUT2D eigenvalue weighted by Gasteiger charge is -2.17. The second-order valence-corrected chi connectivity index (χ2v) is 8.55. The molecule has 0 spiro atoms. The second kappa shape index (κ2) is 8.44. The molecule has 1 aliphatic rings. The van der Waals surface area contributed by atoms with Crippen LogP contribution in [-0.2, 0) is 6.54 Å². The van der Waals surface area contributed by atoms with Crippen molar-refractivity contribution in [2.75, 3.05) is 7.05 Å². The highest BCUT2D eigenvalue weighted by Gasteiger charge is 2.24. The summed E-state index contributed by atoms with van der Waals surface area (Å²) in [4.78, 5) is 26.7. The highest BCUT2D eigenvalue weighted by molar-refractivity contribution is 9.10. The van der Waals surface area contributed by atoms with E-state index in [1.54, 1.807) is 22.8 Å². The molecule has 0 radical (unpaired) electrons. The molecule has 3 aromatic rings. The number of nitrogens with one attached hydrogen (secondary N) is 1. The van der Waals surface area contributed by atoms with E-state index >= 15 is 0 Å². The van der Waals surface area contributed by atoms with Gasteiger partial charge in [-0.25, -0.2) is 4.68 Å². The van der Waals surface area contributed by atoms with Crippen LogP contribution in [0, 0.1) is 6.92 Å². The van der Waals surface area contributed by atoms with Crippen molar-refractivity contribution < 1.29 is 9.59 Å². The van der Waals surface area contributed by atoms with Crippen LogP contribution in [0.25, 0.3) is 5.69 Å². The Balaban J connectivity index is 1.43. The van der Waals surface area contributed by atoms with E-state index in [-0.39, 0.29) is 11.8 Å². The van der Waals surface area contributed by atoms with E-state index in [9.17, 15) is 9.59 Å². The second-order valence-electron chi connectivity index (χ2n) is 7.64. The zero-order valence-corrected chi connectivity index (χ0v) is 18.5. The Bertz CT molecular complexity index is 1070. The molecule has 2 aromatic carbocycles. The summed E-state index contributed by atoms with van der Waals surface area (Å²) >= 11 is 3.43. The average molecular weight is 467 g/mol. The van der Waals surface area contributed by atoms with E-state index < -0.39 is 0 Å². The zero-order chi connectivity index (χ0) is 21.3. The standard InChI is InChI=1S/C23H23BrN4O2/c1-15-21(13-25-28(15)20-11-7-18(24)8-12-20)23(30)27(2)14-16-3-5-17(6-4-16)22(29)26-19-9-10-19/h3-8,11-13,19H,9-10,14H2,1-2H3,(H,26,29). The summed E-state index contributed by atoms with van der Waals surface area (Å²) < 4.78 is 2.75. The molecular formula is C23H23BrN4O2. The predicted octanol–water partition coefficient (Wildman–Crippen LogP) is 4.11. The third kappa shape index (κ3) is 4.46. The van der Waals surface area contributed by atoms with Crippen LogP contribution in [0.5, 0.6) is 0 Å². The molecule has 0 unspecified atom stereocenters. The minimum atomic E-state index is -0.0913. The molecule has 1 N–H and O–H groups in total. The summed E-state index contributed by atoms with van der Waals surface area (Å²) in [5.41, 5.74) is 3.87. The van der Waals surface area contributed by atoms with Gasteiger partial charge in [0.15, 0.2) is 0 Å². The van der Waals surface area contributed by atoms with E-state index in [0.717, 1.165) is 34.3 Å². The topological polar surface area (TPSA) is 67.2 Å². The molecule has 154 valence electrons. The third-order valence-electron chi connectivity index (χ3n) is 5.21. The van der Waals surface area contributed by atoms with E-state index in [4.69, 9.17) is 0 Å². The summed E-state index contributed by atoms with van der Waals surface area (Å²) in [7, 11) is 1.77. The number of hydrogen-bond acceptors (Lipinski definition) is 3. The first-order valence-electron chi connectivity index (χ1n) is 9.88. The molecule has 30 heavy (non-hydrogen) atoms. The lowest BCUT2D eigenvalue weighted by Crippen LogP contribution is -2.27. The van der Waals surface area contributed by atoms with Gasteiger partial charge in [0.05, 0.1) is 23.1 Å². The summed E-state index contributed by atoms with van der Waals surface area (Å²) in [5.74, 6) is -0.129. The van der Waals surface area contributed by atoms with Crippen molar-refractivity contribution in [3.8, 4) is 5.69 Å². The van der Waals surface area contributed by atoms with Crippen LogP contribution in [0.15, 0.2) is 59.2 Å². The third-order valence-corrected chi connectivity index (χ3v) is 5.74. The number of rotatable bonds is 6. The fourth-order valence-electron chi connectivity index (χ4n) is 3.27. The van der Waals surface area contributed by atoms with Crippen molar-refractivity contribution in [3.05, 3.63) is 81.6 Å². The molecule has 1 aromatic heterocycles. The zero-order valence-electron chi connectivity index (χ0n) is 16.9. The minimum absolute atomic E-state index is 0.0375. The van der Waals surface area contributed by atoms with E-state index in [1.165, 1.54) is 0 Å². The average Bonchev–Trinajstić information content (AvgIpc) is 3.48. The van der Waals surface area contributed by atoms with Crippen molar-refractivity contribution in [1.29, 1.82) is 0 Å². The normalized spacial score (nSPS) is 13.2. The maximum absolute atomic E-state index is 13.0. The van der Waals surface area contributed by atoms with Gasteiger partial charge >= 0.3 is 0 Å². The maximum Gasteiger partial charge on any atom is 0.257 e. The molecule has 0 aliphatic heterocycles. The summed E-state index contributed by atoms with van der Waals surface area (Å²) in [6, 6.07) is 15.5. The maximum atomic E-state index is 13.0. The SMILES string of the molecule is Cc1c(C(=O)N(C)Cc2ccc(C(=O)NC3CC3)cc2)cnn1-c1ccc(Br)cc1. The van der Waals surface area contributed by atoms with Crippen LogP contribution in [0.3, 0.4) is 0 Å². The quantitative estimate of drug-likeness (QED) is 0.594. The molecule has 1 aliphatic carbocycles. The van der Waals surface area contributed by atoms with Gasteiger partial charge in [-0.3, -0.25) is 9.59 Å². The molecule has 0 atom stereocenters. The molecule has 1 fully saturated rings. The molecule has 1 heterocycles. The van der Waals surface area contributed by atoms with Crippen LogP contribution in [0.4, 0.5) is 0 Å². The van der Waals surface area contributed by atoms with Crippen molar-refractivity contribution in [2.24, 2.45) is 0 Å². The van der Waals surface area contributed by atoms with Crippen LogP contribution in [-0.4, -0.2) is 39.6 Å². The van der Waals surface area contributed by atoms with Crippen LogP contribution < -0.4 is 5.32 Å². The van der Waals surface area contributed by atoms with E-state index in [1.807, 2.05) is 55.5 Å². The number of hydrogen-bond donors (Lipinski definition) is 1. The predicted molar refractivity (Wildman–Crippen MR) is 119 cm³/mol. The highest BCUT2D eigenvalue weighted by Crippen LogP contribution is 2.20. The lowest BCUT2D eigenvalue weighted by atomic mass is 10.1. The number of benzene rings is 2. The molecule has 4 rings (SSSR count). The van der Waals surface area contributed by atoms with Crippen LogP contribution in [0.1, 0.15) is 44.8 Å². The Morgan fingerprint density at radius 1 is 1.13 bits per heavy atom. The molecular weight excluding hydrogens is 444 g/mol. The summed E-state index contributed by atoms with van der Waals surface area (Å²) in [6.07, 6.45) is 3.74. The molecule has 0 bridgehead atoms. The van der Waals surface area contributed by atoms with Gasteiger partial charge in [-0.1, -0.05) is 28.1 Å². The molecule has 7 heteroatoms. The largest absolute Gasteiger partial charge is 0.349 e. The van der Waals surface area contributed by atoms with E-state index in [2.05, 4.69) is 26.3 Å². The van der Waals surface area contributed by atoms with Crippen LogP contribution in [0.2, 0.25) is 0 Å². The first-order valence-corrected chi connectivity index (χ1v) is 10.7. The van der Waals surface area contributed by atoms with Gasteiger partial charge in [0.25, 0.3) is 11.8 Å². The summed E-state index contributed by atoms with van der Waals surface area (Å²) in [5, 5.41) is 7.38. The number of carbonyl (C=O) groups is 2. The fraction of sp³-hybridized carbons (Fsp3) is 0.261. The number of nitrogens with zero attached hydrogens (tertiary/aromatic N) is 3. The van der Waals surface area contributed by atoms with Gasteiger partial charge in [0, 0.05) is 29.7 Å². The minimum Gasteiger partial charge on any atom is -0.349 e. The number of carbonyl (C=O) groups excluding carboxylic acids is 2. The van der Waals surface area contributed by atoms with Gasteiger partial charge in [-0.2, -0.15) is 5.10 Å². The first-order chi connectivity index (χ1) is 14.4. The Morgan fingerprint density at radius 2 is 1.80 bits per heavy atom. The fourth-order valence-corrected chi connectivity index (χ4v) is 3.54. The van der Waals surface area contributed by atoms with Crippen molar-refractivity contribution >= 4 is 27.7 Å². The molecule has 2 amide bonds. The Kier molecular flexibility index (Phi) is 5.72. The van der Waals surface area contributed by atoms with Crippen molar-refractivity contribution in [2.45, 2.75) is 32.4 Å². The molecule has 6 nitrogen and oxygen atoms in total. The Morgan fingerprint density at radius 3 is 2.43 bits per heavy atom. The Labute approximate surface area is 184 Å². The first kappa shape index (κ1) is 20.3. The highest BCUT2D eigenvalue weighted by atomic mass is 79.9. The van der Waals surface area contributed by atoms with E-state index in [0.29, 0.717) is 23.7 Å². The smallest absolute Gasteiger partial charge is 0.257 e. The van der Waals surface area contributed by atoms with Crippen LogP contribution >= 0.6 is 15.9 Å². The number of aromatic nitrogens is 2. The van der Waals surface area contributed by atoms with Crippen molar-refractivity contribution in [1.82, 2.24) is 20.0 Å². The van der Waals surface area contributed by atoms with Gasteiger partial charge in [0.2, 0.25) is 0 Å². The Hall–Kier alpha value is -2.93. The molecule has 0 saturated heterocycles. The number of halogens is 1. The summed E-state index contributed by atoms with van der Waals surface area (Å²) in [6.45, 7) is 2.34.